The highest BCUT2D eigenvalue weighted by Crippen LogP contribution is 2.20. The number of aromatic amines is 1. The summed E-state index contributed by atoms with van der Waals surface area (Å²) in [5, 5.41) is 6.87. The number of carbonyl (C=O) groups is 1. The van der Waals surface area contributed by atoms with E-state index in [1.807, 2.05) is 13.8 Å². The number of nitrogens with one attached hydrogen (secondary N) is 1. The third kappa shape index (κ3) is 3.60. The zero-order chi connectivity index (χ0) is 13.0. The third-order valence-corrected chi connectivity index (χ3v) is 4.18. The van der Waals surface area contributed by atoms with E-state index >= 15 is 0 Å². The lowest BCUT2D eigenvalue weighted by Gasteiger charge is -2.10. The highest BCUT2D eigenvalue weighted by molar-refractivity contribution is 9.10. The van der Waals surface area contributed by atoms with Crippen molar-refractivity contribution in [3.8, 4) is 0 Å². The van der Waals surface area contributed by atoms with Crippen LogP contribution in [0.1, 0.15) is 19.9 Å². The second-order valence-corrected chi connectivity index (χ2v) is 5.67. The lowest BCUT2D eigenvalue weighted by atomic mass is 10.4. The van der Waals surface area contributed by atoms with E-state index in [9.17, 15) is 9.59 Å². The van der Waals surface area contributed by atoms with Crippen molar-refractivity contribution in [1.29, 1.82) is 0 Å². The van der Waals surface area contributed by atoms with Crippen LogP contribution in [0.5, 0.6) is 0 Å². The number of methoxy groups -OCH3 is 1. The van der Waals surface area contributed by atoms with Crippen LogP contribution in [0.2, 0.25) is 0 Å². The Labute approximate surface area is 111 Å². The monoisotopic (exact) mass is 323 g/mol. The molecule has 1 rings (SSSR count). The molecule has 0 aliphatic heterocycles. The molecule has 8 heteroatoms. The number of thioether (sulfide) groups is 1. The van der Waals surface area contributed by atoms with E-state index in [-0.39, 0.29) is 17.7 Å². The molecule has 1 atom stereocenters. The molecular formula is C9H14BrN3O3S. The van der Waals surface area contributed by atoms with Crippen molar-refractivity contribution in [3.05, 3.63) is 10.5 Å². The molecule has 0 aromatic carbocycles. The quantitative estimate of drug-likeness (QED) is 0.500. The zero-order valence-corrected chi connectivity index (χ0v) is 12.2. The van der Waals surface area contributed by atoms with Crippen molar-refractivity contribution >= 4 is 33.7 Å². The predicted molar refractivity (Wildman–Crippen MR) is 68.7 cm³/mol. The molecule has 0 amide bonds. The Morgan fingerprint density at radius 1 is 1.65 bits per heavy atom. The van der Waals surface area contributed by atoms with Gasteiger partial charge in [-0.05, 0) is 13.8 Å². The van der Waals surface area contributed by atoms with Gasteiger partial charge in [-0.15, -0.1) is 5.10 Å². The highest BCUT2D eigenvalue weighted by Gasteiger charge is 2.18. The Balaban J connectivity index is 2.70. The average molecular weight is 324 g/mol. The number of hydrogen-bond donors (Lipinski definition) is 1. The van der Waals surface area contributed by atoms with Crippen molar-refractivity contribution in [2.45, 2.75) is 29.9 Å². The summed E-state index contributed by atoms with van der Waals surface area (Å²) in [6.07, 6.45) is 0. The number of alkyl halides is 1. The molecule has 0 aliphatic carbocycles. The Bertz CT molecular complexity index is 443. The molecule has 6 nitrogen and oxygen atoms in total. The van der Waals surface area contributed by atoms with Crippen LogP contribution in [0, 0.1) is 0 Å². The first-order valence-electron chi connectivity index (χ1n) is 4.99. The molecule has 17 heavy (non-hydrogen) atoms. The SMILES string of the molecule is COC(=O)C(Br)CSc1n[nH]c(=O)n1C(C)C. The number of H-pyrrole nitrogens is 1. The predicted octanol–water partition coefficient (Wildman–Crippen LogP) is 1.18. The molecular weight excluding hydrogens is 310 g/mol. The number of aromatic nitrogens is 3. The molecule has 1 aromatic rings. The summed E-state index contributed by atoms with van der Waals surface area (Å²) in [6.45, 7) is 3.79. The Morgan fingerprint density at radius 2 is 2.29 bits per heavy atom. The number of esters is 1. The van der Waals surface area contributed by atoms with E-state index in [0.29, 0.717) is 10.9 Å². The minimum absolute atomic E-state index is 0.0238. The fourth-order valence-corrected chi connectivity index (χ4v) is 2.75. The van der Waals surface area contributed by atoms with Gasteiger partial charge in [0.25, 0.3) is 0 Å². The van der Waals surface area contributed by atoms with Crippen molar-refractivity contribution < 1.29 is 9.53 Å². The Kier molecular flexibility index (Phi) is 5.26. The molecule has 0 bridgehead atoms. The van der Waals surface area contributed by atoms with Gasteiger partial charge in [-0.3, -0.25) is 9.36 Å². The van der Waals surface area contributed by atoms with Gasteiger partial charge in [-0.1, -0.05) is 27.7 Å². The fourth-order valence-electron chi connectivity index (χ4n) is 1.19. The smallest absolute Gasteiger partial charge is 0.344 e. The van der Waals surface area contributed by atoms with Gasteiger partial charge in [0, 0.05) is 11.8 Å². The average Bonchev–Trinajstić information content (AvgIpc) is 2.66. The molecule has 1 aromatic heterocycles. The largest absolute Gasteiger partial charge is 0.468 e. The molecule has 0 aliphatic rings. The molecule has 1 N–H and O–H groups in total. The molecule has 1 unspecified atom stereocenters. The Hall–Kier alpha value is -0.760. The lowest BCUT2D eigenvalue weighted by molar-refractivity contribution is -0.139. The van der Waals surface area contributed by atoms with Gasteiger partial charge in [-0.25, -0.2) is 9.89 Å². The molecule has 0 saturated heterocycles. The lowest BCUT2D eigenvalue weighted by Crippen LogP contribution is -2.21. The van der Waals surface area contributed by atoms with Gasteiger partial charge in [0.15, 0.2) is 5.16 Å². The summed E-state index contributed by atoms with van der Waals surface area (Å²) in [5.41, 5.74) is -0.244. The molecule has 96 valence electrons. The van der Waals surface area contributed by atoms with Crippen LogP contribution >= 0.6 is 27.7 Å². The van der Waals surface area contributed by atoms with Crippen molar-refractivity contribution in [1.82, 2.24) is 14.8 Å². The van der Waals surface area contributed by atoms with Gasteiger partial charge in [0.1, 0.15) is 4.83 Å². The van der Waals surface area contributed by atoms with Crippen LogP contribution < -0.4 is 5.69 Å². The number of hydrogen-bond acceptors (Lipinski definition) is 5. The highest BCUT2D eigenvalue weighted by atomic mass is 79.9. The number of nitrogens with zero attached hydrogens (tertiary/aromatic N) is 2. The summed E-state index contributed by atoms with van der Waals surface area (Å²) in [6, 6.07) is 0.0238. The first-order chi connectivity index (χ1) is 7.97. The standard InChI is InChI=1S/C9H14BrN3O3S/c1-5(2)13-8(15)11-12-9(13)17-4-6(10)7(14)16-3/h5-6H,4H2,1-3H3,(H,11,15). The molecule has 0 fully saturated rings. The van der Waals surface area contributed by atoms with Crippen LogP contribution in [-0.2, 0) is 9.53 Å². The van der Waals surface area contributed by atoms with E-state index < -0.39 is 4.83 Å². The fraction of sp³-hybridized carbons (Fsp3) is 0.667. The summed E-state index contributed by atoms with van der Waals surface area (Å²) in [7, 11) is 1.33. The summed E-state index contributed by atoms with van der Waals surface area (Å²) in [4.78, 5) is 22.2. The molecule has 0 saturated carbocycles. The second kappa shape index (κ2) is 6.25. The summed E-state index contributed by atoms with van der Waals surface area (Å²) >= 11 is 4.53. The van der Waals surface area contributed by atoms with Gasteiger partial charge in [0.05, 0.1) is 7.11 Å². The van der Waals surface area contributed by atoms with E-state index in [2.05, 4.69) is 30.9 Å². The Morgan fingerprint density at radius 3 is 2.82 bits per heavy atom. The number of rotatable bonds is 5. The normalized spacial score (nSPS) is 12.8. The van der Waals surface area contributed by atoms with Crippen LogP contribution in [0.3, 0.4) is 0 Å². The maximum atomic E-state index is 11.4. The number of ether oxygens (including phenoxy) is 1. The second-order valence-electron chi connectivity index (χ2n) is 3.58. The van der Waals surface area contributed by atoms with E-state index in [0.717, 1.165) is 0 Å². The van der Waals surface area contributed by atoms with E-state index in [1.54, 1.807) is 4.57 Å². The first-order valence-corrected chi connectivity index (χ1v) is 6.89. The zero-order valence-electron chi connectivity index (χ0n) is 9.77. The topological polar surface area (TPSA) is 77.0 Å². The molecule has 0 spiro atoms. The van der Waals surface area contributed by atoms with Crippen molar-refractivity contribution in [2.75, 3.05) is 12.9 Å². The maximum absolute atomic E-state index is 11.4. The molecule has 1 heterocycles. The van der Waals surface area contributed by atoms with Crippen LogP contribution in [0.4, 0.5) is 0 Å². The number of halogens is 1. The van der Waals surface area contributed by atoms with Gasteiger partial charge < -0.3 is 4.74 Å². The first kappa shape index (κ1) is 14.3. The third-order valence-electron chi connectivity index (χ3n) is 2.00. The summed E-state index contributed by atoms with van der Waals surface area (Å²) < 4.78 is 6.13. The van der Waals surface area contributed by atoms with Gasteiger partial charge in [0.2, 0.25) is 0 Å². The summed E-state index contributed by atoms with van der Waals surface area (Å²) in [5.74, 6) is 0.107. The van der Waals surface area contributed by atoms with E-state index in [4.69, 9.17) is 0 Å². The van der Waals surface area contributed by atoms with Crippen molar-refractivity contribution in [2.24, 2.45) is 0 Å². The number of carbonyl (C=O) groups excluding carboxylic acids is 1. The van der Waals surface area contributed by atoms with Gasteiger partial charge >= 0.3 is 11.7 Å². The maximum Gasteiger partial charge on any atom is 0.344 e. The van der Waals surface area contributed by atoms with E-state index in [1.165, 1.54) is 18.9 Å². The minimum atomic E-state index is -0.412. The van der Waals surface area contributed by atoms with Crippen molar-refractivity contribution in [3.63, 3.8) is 0 Å². The molecule has 0 radical (unpaired) electrons. The van der Waals surface area contributed by atoms with Crippen LogP contribution in [-0.4, -0.2) is 38.4 Å². The van der Waals surface area contributed by atoms with Crippen LogP contribution in [0.25, 0.3) is 0 Å². The van der Waals surface area contributed by atoms with Crippen LogP contribution in [0.15, 0.2) is 9.95 Å². The van der Waals surface area contributed by atoms with Gasteiger partial charge in [-0.2, -0.15) is 0 Å². The minimum Gasteiger partial charge on any atom is -0.468 e.